The van der Waals surface area contributed by atoms with Crippen LogP contribution in [0.1, 0.15) is 27.4 Å². The fourth-order valence-corrected chi connectivity index (χ4v) is 2.76. The zero-order valence-electron chi connectivity index (χ0n) is 14.5. The molecule has 134 valence electrons. The van der Waals surface area contributed by atoms with Gasteiger partial charge in [-0.05, 0) is 32.2 Å². The van der Waals surface area contributed by atoms with Crippen LogP contribution in [0, 0.1) is 13.8 Å². The number of hydrazine groups is 1. The van der Waals surface area contributed by atoms with Gasteiger partial charge in [-0.2, -0.15) is 4.98 Å². The molecule has 0 aliphatic carbocycles. The van der Waals surface area contributed by atoms with E-state index in [0.29, 0.717) is 16.6 Å². The Bertz CT molecular complexity index is 972. The molecule has 0 atom stereocenters. The first-order valence-electron chi connectivity index (χ1n) is 7.76. The summed E-state index contributed by atoms with van der Waals surface area (Å²) in [4.78, 5) is 36.8. The number of carbonyl (C=O) groups excluding carboxylic acids is 2. The Balaban J connectivity index is 1.72. The Morgan fingerprint density at radius 3 is 2.69 bits per heavy atom. The first-order valence-corrected chi connectivity index (χ1v) is 8.99. The maximum atomic E-state index is 12.2. The van der Waals surface area contributed by atoms with Crippen LogP contribution in [-0.4, -0.2) is 42.6 Å². The number of fused-ring (bicyclic) bond motifs is 1. The van der Waals surface area contributed by atoms with Gasteiger partial charge in [-0.3, -0.25) is 25.4 Å². The lowest BCUT2D eigenvalue weighted by molar-refractivity contribution is -0.121. The van der Waals surface area contributed by atoms with Crippen molar-refractivity contribution < 1.29 is 9.59 Å². The lowest BCUT2D eigenvalue weighted by atomic mass is 10.1. The van der Waals surface area contributed by atoms with Crippen molar-refractivity contribution in [3.05, 3.63) is 47.0 Å². The summed E-state index contributed by atoms with van der Waals surface area (Å²) in [5.74, 6) is -0.356. The third kappa shape index (κ3) is 3.64. The van der Waals surface area contributed by atoms with Gasteiger partial charge in [-0.1, -0.05) is 17.8 Å². The molecule has 0 aromatic carbocycles. The van der Waals surface area contributed by atoms with E-state index in [1.807, 2.05) is 20.1 Å². The van der Waals surface area contributed by atoms with E-state index in [2.05, 4.69) is 30.9 Å². The van der Waals surface area contributed by atoms with E-state index in [-0.39, 0.29) is 18.0 Å². The Kier molecular flexibility index (Phi) is 5.12. The number of nitrogens with one attached hydrogen (secondary N) is 2. The summed E-state index contributed by atoms with van der Waals surface area (Å²) in [6.07, 6.45) is 3.44. The second kappa shape index (κ2) is 7.48. The van der Waals surface area contributed by atoms with Crippen molar-refractivity contribution in [2.75, 3.05) is 6.26 Å². The second-order valence-corrected chi connectivity index (χ2v) is 6.24. The van der Waals surface area contributed by atoms with E-state index in [0.717, 1.165) is 11.3 Å². The summed E-state index contributed by atoms with van der Waals surface area (Å²) in [5, 5.41) is 4.97. The quantitative estimate of drug-likeness (QED) is 0.516. The van der Waals surface area contributed by atoms with Gasteiger partial charge in [-0.25, -0.2) is 9.50 Å². The minimum absolute atomic E-state index is 0.0531. The Hall–Kier alpha value is -3.01. The van der Waals surface area contributed by atoms with Gasteiger partial charge >= 0.3 is 0 Å². The Morgan fingerprint density at radius 2 is 2.00 bits per heavy atom. The van der Waals surface area contributed by atoms with Gasteiger partial charge in [0.25, 0.3) is 11.7 Å². The van der Waals surface area contributed by atoms with Gasteiger partial charge in [0.2, 0.25) is 11.1 Å². The number of rotatable bonds is 4. The van der Waals surface area contributed by atoms with Crippen molar-refractivity contribution in [3.8, 4) is 0 Å². The van der Waals surface area contributed by atoms with E-state index in [1.165, 1.54) is 18.0 Å². The highest BCUT2D eigenvalue weighted by Gasteiger charge is 2.16. The molecule has 3 heterocycles. The van der Waals surface area contributed by atoms with E-state index in [4.69, 9.17) is 0 Å². The average molecular weight is 371 g/mol. The van der Waals surface area contributed by atoms with E-state index >= 15 is 0 Å². The molecule has 3 rings (SSSR count). The van der Waals surface area contributed by atoms with Crippen LogP contribution >= 0.6 is 11.8 Å². The maximum Gasteiger partial charge on any atom is 0.288 e. The lowest BCUT2D eigenvalue weighted by Crippen LogP contribution is -2.42. The molecule has 0 bridgehead atoms. The molecule has 9 nitrogen and oxygen atoms in total. The van der Waals surface area contributed by atoms with Gasteiger partial charge in [-0.15, -0.1) is 5.10 Å². The predicted octanol–water partition coefficient (Wildman–Crippen LogP) is 0.862. The molecule has 2 amide bonds. The highest BCUT2D eigenvalue weighted by atomic mass is 32.2. The molecule has 0 aliphatic rings. The summed E-state index contributed by atoms with van der Waals surface area (Å²) in [6, 6.07) is 4.96. The monoisotopic (exact) mass is 371 g/mol. The largest absolute Gasteiger partial charge is 0.288 e. The standard InChI is InChI=1S/C16H17N7O2S/c1-9-11(10(2)23-15(18-9)19-16(22-23)26-3)8-13(24)20-21-14(25)12-6-4-5-7-17-12/h4-7H,8H2,1-3H3,(H,20,24)(H,21,25). The Morgan fingerprint density at radius 1 is 1.19 bits per heavy atom. The molecule has 0 saturated carbocycles. The topological polar surface area (TPSA) is 114 Å². The summed E-state index contributed by atoms with van der Waals surface area (Å²) in [7, 11) is 0. The zero-order valence-corrected chi connectivity index (χ0v) is 15.3. The Labute approximate surface area is 153 Å². The number of hydrogen-bond donors (Lipinski definition) is 2. The first kappa shape index (κ1) is 17.8. The summed E-state index contributed by atoms with van der Waals surface area (Å²) >= 11 is 1.42. The molecule has 0 spiro atoms. The summed E-state index contributed by atoms with van der Waals surface area (Å²) < 4.78 is 1.62. The number of hydrogen-bond acceptors (Lipinski definition) is 7. The fraction of sp³-hybridized carbons (Fsp3) is 0.250. The van der Waals surface area contributed by atoms with E-state index < -0.39 is 5.91 Å². The highest BCUT2D eigenvalue weighted by molar-refractivity contribution is 7.98. The van der Waals surface area contributed by atoms with Gasteiger partial charge in [0.15, 0.2) is 0 Å². The number of aromatic nitrogens is 5. The maximum absolute atomic E-state index is 12.2. The molecular formula is C16H17N7O2S. The molecule has 3 aromatic rings. The zero-order chi connectivity index (χ0) is 18.7. The van der Waals surface area contributed by atoms with E-state index in [9.17, 15) is 9.59 Å². The van der Waals surface area contributed by atoms with Gasteiger partial charge in [0.05, 0.1) is 6.42 Å². The molecule has 2 N–H and O–H groups in total. The van der Waals surface area contributed by atoms with E-state index in [1.54, 1.807) is 22.7 Å². The number of aryl methyl sites for hydroxylation is 2. The number of carbonyl (C=O) groups is 2. The van der Waals surface area contributed by atoms with Crippen LogP contribution in [0.5, 0.6) is 0 Å². The van der Waals surface area contributed by atoms with Crippen LogP contribution < -0.4 is 10.9 Å². The van der Waals surface area contributed by atoms with Gasteiger partial charge in [0.1, 0.15) is 5.69 Å². The minimum Gasteiger partial charge on any atom is -0.273 e. The van der Waals surface area contributed by atoms with Gasteiger partial charge < -0.3 is 0 Å². The number of pyridine rings is 1. The summed E-state index contributed by atoms with van der Waals surface area (Å²) in [5.41, 5.74) is 7.17. The van der Waals surface area contributed by atoms with Crippen LogP contribution in [-0.2, 0) is 11.2 Å². The molecule has 26 heavy (non-hydrogen) atoms. The third-order valence-corrected chi connectivity index (χ3v) is 4.30. The van der Waals surface area contributed by atoms with Crippen LogP contribution in [0.3, 0.4) is 0 Å². The predicted molar refractivity (Wildman–Crippen MR) is 95.6 cm³/mol. The van der Waals surface area contributed by atoms with Crippen molar-refractivity contribution >= 4 is 29.4 Å². The molecule has 0 aliphatic heterocycles. The van der Waals surface area contributed by atoms with Crippen LogP contribution in [0.15, 0.2) is 29.6 Å². The smallest absolute Gasteiger partial charge is 0.273 e. The van der Waals surface area contributed by atoms with Crippen LogP contribution in [0.4, 0.5) is 0 Å². The number of nitrogens with zero attached hydrogens (tertiary/aromatic N) is 5. The molecule has 0 radical (unpaired) electrons. The highest BCUT2D eigenvalue weighted by Crippen LogP contribution is 2.17. The number of amides is 2. The fourth-order valence-electron chi connectivity index (χ4n) is 2.42. The van der Waals surface area contributed by atoms with Gasteiger partial charge in [0, 0.05) is 23.1 Å². The minimum atomic E-state index is -0.484. The SMILES string of the molecule is CSc1nc2nc(C)c(CC(=O)NNC(=O)c3ccccn3)c(C)n2n1. The van der Waals surface area contributed by atoms with Crippen molar-refractivity contribution in [2.24, 2.45) is 0 Å². The average Bonchev–Trinajstić information content (AvgIpc) is 3.07. The second-order valence-electron chi connectivity index (χ2n) is 5.47. The van der Waals surface area contributed by atoms with Crippen molar-refractivity contribution in [3.63, 3.8) is 0 Å². The normalized spacial score (nSPS) is 10.7. The third-order valence-electron chi connectivity index (χ3n) is 3.76. The van der Waals surface area contributed by atoms with Crippen molar-refractivity contribution in [1.82, 2.24) is 35.4 Å². The van der Waals surface area contributed by atoms with Crippen molar-refractivity contribution in [1.29, 1.82) is 0 Å². The number of thioether (sulfide) groups is 1. The van der Waals surface area contributed by atoms with Crippen LogP contribution in [0.2, 0.25) is 0 Å². The molecule has 3 aromatic heterocycles. The molecular weight excluding hydrogens is 354 g/mol. The molecule has 10 heteroatoms. The molecule has 0 fully saturated rings. The molecule has 0 unspecified atom stereocenters. The van der Waals surface area contributed by atoms with Crippen LogP contribution in [0.25, 0.3) is 5.78 Å². The summed E-state index contributed by atoms with van der Waals surface area (Å²) in [6.45, 7) is 3.67. The first-order chi connectivity index (χ1) is 12.5. The van der Waals surface area contributed by atoms with Crippen molar-refractivity contribution in [2.45, 2.75) is 25.4 Å². The molecule has 0 saturated heterocycles. The lowest BCUT2D eigenvalue weighted by Gasteiger charge is -2.11.